The van der Waals surface area contributed by atoms with Crippen molar-refractivity contribution in [2.45, 2.75) is 33.9 Å². The van der Waals surface area contributed by atoms with Crippen LogP contribution in [0.25, 0.3) is 0 Å². The molecule has 1 aliphatic carbocycles. The molecule has 7 heteroatoms. The molecule has 1 heterocycles. The maximum atomic E-state index is 12.6. The van der Waals surface area contributed by atoms with Gasteiger partial charge in [-0.25, -0.2) is 9.97 Å². The molecule has 1 fully saturated rings. The van der Waals surface area contributed by atoms with Crippen LogP contribution in [0.4, 0.5) is 19.0 Å². The van der Waals surface area contributed by atoms with Gasteiger partial charge in [0.2, 0.25) is 5.82 Å². The fourth-order valence-electron chi connectivity index (χ4n) is 2.69. The first kappa shape index (κ1) is 15.4. The van der Waals surface area contributed by atoms with Gasteiger partial charge in [-0.3, -0.25) is 0 Å². The molecule has 0 unspecified atom stereocenters. The molecule has 0 saturated heterocycles. The first-order valence-corrected chi connectivity index (χ1v) is 6.69. The predicted octanol–water partition coefficient (Wildman–Crippen LogP) is 4.24. The van der Waals surface area contributed by atoms with E-state index >= 15 is 0 Å². The molecule has 20 heavy (non-hydrogen) atoms. The van der Waals surface area contributed by atoms with Crippen LogP contribution < -0.4 is 5.32 Å². The van der Waals surface area contributed by atoms with Crippen LogP contribution in [-0.4, -0.2) is 16.5 Å². The van der Waals surface area contributed by atoms with Crippen LogP contribution in [0.5, 0.6) is 0 Å². The van der Waals surface area contributed by atoms with Crippen molar-refractivity contribution in [1.82, 2.24) is 9.97 Å². The van der Waals surface area contributed by atoms with E-state index < -0.39 is 12.0 Å². The molecule has 1 aliphatic rings. The van der Waals surface area contributed by atoms with E-state index in [1.165, 1.54) is 6.07 Å². The molecule has 0 amide bonds. The topological polar surface area (TPSA) is 37.8 Å². The Labute approximate surface area is 120 Å². The minimum Gasteiger partial charge on any atom is -0.370 e. The monoisotopic (exact) mass is 307 g/mol. The average molecular weight is 308 g/mol. The standard InChI is InChI=1S/C13H17ClF3N3/c1-11(2)7(12(11,3)4)6-18-9-5-8(14)19-10(20-9)13(15,16)17/h5,7H,6H2,1-4H3,(H,18,19,20). The van der Waals surface area contributed by atoms with E-state index in [0.29, 0.717) is 12.5 Å². The van der Waals surface area contributed by atoms with Crippen LogP contribution in [0.1, 0.15) is 33.5 Å². The highest BCUT2D eigenvalue weighted by atomic mass is 35.5. The second-order valence-corrected chi connectivity index (χ2v) is 6.66. The minimum atomic E-state index is -4.60. The van der Waals surface area contributed by atoms with Crippen LogP contribution in [0.2, 0.25) is 5.15 Å². The number of anilines is 1. The molecule has 1 aromatic heterocycles. The molecule has 0 aromatic carbocycles. The zero-order valence-electron chi connectivity index (χ0n) is 11.8. The van der Waals surface area contributed by atoms with Gasteiger partial charge in [-0.15, -0.1) is 0 Å². The van der Waals surface area contributed by atoms with Gasteiger partial charge in [0.25, 0.3) is 0 Å². The number of alkyl halides is 3. The van der Waals surface area contributed by atoms with Gasteiger partial charge in [0, 0.05) is 12.6 Å². The normalized spacial score (nSPS) is 20.8. The Kier molecular flexibility index (Phi) is 3.44. The zero-order chi connectivity index (χ0) is 15.3. The third-order valence-corrected chi connectivity index (χ3v) is 4.95. The van der Waals surface area contributed by atoms with E-state index in [0.717, 1.165) is 0 Å². The van der Waals surface area contributed by atoms with Crippen LogP contribution >= 0.6 is 11.6 Å². The summed E-state index contributed by atoms with van der Waals surface area (Å²) in [6.07, 6.45) is -4.60. The van der Waals surface area contributed by atoms with E-state index in [9.17, 15) is 13.2 Å². The van der Waals surface area contributed by atoms with Crippen molar-refractivity contribution < 1.29 is 13.2 Å². The maximum absolute atomic E-state index is 12.6. The summed E-state index contributed by atoms with van der Waals surface area (Å²) >= 11 is 5.61. The molecular weight excluding hydrogens is 291 g/mol. The number of hydrogen-bond donors (Lipinski definition) is 1. The Bertz CT molecular complexity index is 512. The van der Waals surface area contributed by atoms with Crippen LogP contribution in [-0.2, 0) is 6.18 Å². The second kappa shape index (κ2) is 4.48. The number of hydrogen-bond acceptors (Lipinski definition) is 3. The molecule has 2 rings (SSSR count). The minimum absolute atomic E-state index is 0.107. The lowest BCUT2D eigenvalue weighted by Crippen LogP contribution is -2.15. The third kappa shape index (κ3) is 2.57. The molecule has 0 atom stereocenters. The first-order chi connectivity index (χ1) is 8.96. The Morgan fingerprint density at radius 3 is 2.20 bits per heavy atom. The Morgan fingerprint density at radius 2 is 1.75 bits per heavy atom. The van der Waals surface area contributed by atoms with Crippen molar-refractivity contribution >= 4 is 17.4 Å². The van der Waals surface area contributed by atoms with Crippen molar-refractivity contribution in [2.24, 2.45) is 16.7 Å². The molecule has 3 nitrogen and oxygen atoms in total. The van der Waals surface area contributed by atoms with Gasteiger partial charge < -0.3 is 5.32 Å². The predicted molar refractivity (Wildman–Crippen MR) is 71.6 cm³/mol. The van der Waals surface area contributed by atoms with Crippen molar-refractivity contribution in [2.75, 3.05) is 11.9 Å². The second-order valence-electron chi connectivity index (χ2n) is 6.27. The van der Waals surface area contributed by atoms with Gasteiger partial charge in [0.1, 0.15) is 11.0 Å². The first-order valence-electron chi connectivity index (χ1n) is 6.32. The number of nitrogens with one attached hydrogen (secondary N) is 1. The number of rotatable bonds is 3. The lowest BCUT2D eigenvalue weighted by atomic mass is 10.0. The van der Waals surface area contributed by atoms with E-state index in [2.05, 4.69) is 43.0 Å². The van der Waals surface area contributed by atoms with Gasteiger partial charge in [0.15, 0.2) is 0 Å². The summed E-state index contributed by atoms with van der Waals surface area (Å²) < 4.78 is 37.8. The van der Waals surface area contributed by atoms with Crippen LogP contribution in [0, 0.1) is 16.7 Å². The maximum Gasteiger partial charge on any atom is 0.451 e. The van der Waals surface area contributed by atoms with Crippen molar-refractivity contribution in [3.8, 4) is 0 Å². The lowest BCUT2D eigenvalue weighted by Gasteiger charge is -2.10. The summed E-state index contributed by atoms with van der Waals surface area (Å²) in [7, 11) is 0. The number of nitrogens with zero attached hydrogens (tertiary/aromatic N) is 2. The number of aromatic nitrogens is 2. The van der Waals surface area contributed by atoms with Crippen molar-refractivity contribution in [3.63, 3.8) is 0 Å². The largest absolute Gasteiger partial charge is 0.451 e. The van der Waals surface area contributed by atoms with E-state index in [1.54, 1.807) is 0 Å². The van der Waals surface area contributed by atoms with Gasteiger partial charge in [0.05, 0.1) is 0 Å². The fourth-order valence-corrected chi connectivity index (χ4v) is 2.87. The number of halogens is 4. The average Bonchev–Trinajstić information content (AvgIpc) is 2.65. The van der Waals surface area contributed by atoms with E-state index in [-0.39, 0.29) is 21.8 Å². The van der Waals surface area contributed by atoms with Gasteiger partial charge in [-0.1, -0.05) is 39.3 Å². The van der Waals surface area contributed by atoms with E-state index in [1.807, 2.05) is 0 Å². The van der Waals surface area contributed by atoms with Crippen LogP contribution in [0.15, 0.2) is 6.07 Å². The summed E-state index contributed by atoms with van der Waals surface area (Å²) in [5.74, 6) is -0.740. The Hall–Kier alpha value is -1.04. The molecule has 0 bridgehead atoms. The third-order valence-electron chi connectivity index (χ3n) is 4.76. The molecule has 0 aliphatic heterocycles. The van der Waals surface area contributed by atoms with Crippen LogP contribution in [0.3, 0.4) is 0 Å². The SMILES string of the molecule is CC1(C)C(CNc2cc(Cl)nc(C(F)(F)F)n2)C1(C)C. The van der Waals surface area contributed by atoms with E-state index in [4.69, 9.17) is 11.6 Å². The summed E-state index contributed by atoms with van der Waals surface area (Å²) in [5, 5.41) is 2.72. The summed E-state index contributed by atoms with van der Waals surface area (Å²) in [5.41, 5.74) is 0.313. The fraction of sp³-hybridized carbons (Fsp3) is 0.692. The lowest BCUT2D eigenvalue weighted by molar-refractivity contribution is -0.144. The van der Waals surface area contributed by atoms with Gasteiger partial charge >= 0.3 is 6.18 Å². The smallest absolute Gasteiger partial charge is 0.370 e. The quantitative estimate of drug-likeness (QED) is 0.849. The Balaban J connectivity index is 2.10. The van der Waals surface area contributed by atoms with Gasteiger partial charge in [-0.2, -0.15) is 13.2 Å². The highest BCUT2D eigenvalue weighted by Gasteiger charge is 2.64. The summed E-state index contributed by atoms with van der Waals surface area (Å²) in [6, 6.07) is 1.30. The molecule has 1 N–H and O–H groups in total. The highest BCUT2D eigenvalue weighted by molar-refractivity contribution is 6.29. The molecule has 0 radical (unpaired) electrons. The summed E-state index contributed by atoms with van der Waals surface area (Å²) in [4.78, 5) is 6.66. The zero-order valence-corrected chi connectivity index (χ0v) is 12.5. The van der Waals surface area contributed by atoms with Crippen molar-refractivity contribution in [3.05, 3.63) is 17.0 Å². The molecule has 1 aromatic rings. The van der Waals surface area contributed by atoms with Crippen molar-refractivity contribution in [1.29, 1.82) is 0 Å². The Morgan fingerprint density at radius 1 is 1.20 bits per heavy atom. The molecule has 1 saturated carbocycles. The molecule has 112 valence electrons. The molecular formula is C13H17ClF3N3. The molecule has 0 spiro atoms. The summed E-state index contributed by atoms with van der Waals surface area (Å²) in [6.45, 7) is 9.15. The highest BCUT2D eigenvalue weighted by Crippen LogP contribution is 2.68. The van der Waals surface area contributed by atoms with Gasteiger partial charge in [-0.05, 0) is 16.7 Å².